The van der Waals surface area contributed by atoms with Crippen LogP contribution in [0.2, 0.25) is 0 Å². The fraction of sp³-hybridized carbons (Fsp3) is 0.400. The van der Waals surface area contributed by atoms with Gasteiger partial charge in [0.1, 0.15) is 11.4 Å². The SMILES string of the molecule is COC(C)(CN)c1cc(O)ccc1Br. The molecule has 3 nitrogen and oxygen atoms in total. The highest BCUT2D eigenvalue weighted by atomic mass is 79.9. The second kappa shape index (κ2) is 4.29. The molecule has 0 saturated carbocycles. The van der Waals surface area contributed by atoms with Gasteiger partial charge in [0.15, 0.2) is 0 Å². The van der Waals surface area contributed by atoms with E-state index in [1.165, 1.54) is 0 Å². The summed E-state index contributed by atoms with van der Waals surface area (Å²) in [5.74, 6) is 0.208. The molecule has 0 bridgehead atoms. The van der Waals surface area contributed by atoms with Gasteiger partial charge in [0.2, 0.25) is 0 Å². The number of benzene rings is 1. The fourth-order valence-electron chi connectivity index (χ4n) is 1.22. The number of phenolic OH excluding ortho intramolecular Hbond substituents is 1. The molecule has 0 spiro atoms. The van der Waals surface area contributed by atoms with E-state index in [0.29, 0.717) is 6.54 Å². The number of methoxy groups -OCH3 is 1. The summed E-state index contributed by atoms with van der Waals surface area (Å²) in [6.07, 6.45) is 0. The summed E-state index contributed by atoms with van der Waals surface area (Å²) in [6.45, 7) is 2.23. The fourth-order valence-corrected chi connectivity index (χ4v) is 1.89. The lowest BCUT2D eigenvalue weighted by Crippen LogP contribution is -2.34. The average Bonchev–Trinajstić information content (AvgIpc) is 2.20. The predicted octanol–water partition coefficient (Wildman–Crippen LogP) is 1.97. The van der Waals surface area contributed by atoms with E-state index < -0.39 is 5.60 Å². The second-order valence-electron chi connectivity index (χ2n) is 3.30. The number of phenols is 1. The van der Waals surface area contributed by atoms with E-state index in [0.717, 1.165) is 10.0 Å². The molecule has 0 saturated heterocycles. The predicted molar refractivity (Wildman–Crippen MR) is 59.2 cm³/mol. The highest BCUT2D eigenvalue weighted by molar-refractivity contribution is 9.10. The van der Waals surface area contributed by atoms with Crippen molar-refractivity contribution in [3.05, 3.63) is 28.2 Å². The van der Waals surface area contributed by atoms with Gasteiger partial charge in [-0.3, -0.25) is 0 Å². The first-order valence-electron chi connectivity index (χ1n) is 4.27. The molecule has 1 atom stereocenters. The third-order valence-corrected chi connectivity index (χ3v) is 3.05. The van der Waals surface area contributed by atoms with Crippen molar-refractivity contribution in [3.8, 4) is 5.75 Å². The van der Waals surface area contributed by atoms with Crippen molar-refractivity contribution in [1.82, 2.24) is 0 Å². The third kappa shape index (κ3) is 2.08. The lowest BCUT2D eigenvalue weighted by atomic mass is 9.96. The Morgan fingerprint density at radius 2 is 2.21 bits per heavy atom. The Kier molecular flexibility index (Phi) is 3.53. The number of nitrogens with two attached hydrogens (primary N) is 1. The molecule has 0 aliphatic carbocycles. The summed E-state index contributed by atoms with van der Waals surface area (Å²) < 4.78 is 6.22. The van der Waals surface area contributed by atoms with Crippen molar-refractivity contribution in [3.63, 3.8) is 0 Å². The molecule has 4 heteroatoms. The summed E-state index contributed by atoms with van der Waals surface area (Å²) in [4.78, 5) is 0. The number of aromatic hydroxyl groups is 1. The minimum atomic E-state index is -0.572. The lowest BCUT2D eigenvalue weighted by molar-refractivity contribution is 0.00932. The minimum absolute atomic E-state index is 0.208. The Balaban J connectivity index is 3.22. The van der Waals surface area contributed by atoms with Crippen LogP contribution in [0.4, 0.5) is 0 Å². The highest BCUT2D eigenvalue weighted by Crippen LogP contribution is 2.32. The molecule has 0 amide bonds. The second-order valence-corrected chi connectivity index (χ2v) is 4.16. The Hall–Kier alpha value is -0.580. The van der Waals surface area contributed by atoms with E-state index in [1.807, 2.05) is 6.92 Å². The Bertz CT molecular complexity index is 324. The maximum Gasteiger partial charge on any atom is 0.116 e. The summed E-state index contributed by atoms with van der Waals surface area (Å²) in [6, 6.07) is 5.04. The molecular formula is C10H14BrNO2. The lowest BCUT2D eigenvalue weighted by Gasteiger charge is -2.28. The van der Waals surface area contributed by atoms with Gasteiger partial charge in [0, 0.05) is 23.7 Å². The summed E-state index contributed by atoms with van der Waals surface area (Å²) >= 11 is 3.40. The van der Waals surface area contributed by atoms with E-state index in [1.54, 1.807) is 25.3 Å². The number of ether oxygens (including phenoxy) is 1. The Morgan fingerprint density at radius 1 is 1.57 bits per heavy atom. The molecule has 0 fully saturated rings. The molecule has 0 aliphatic heterocycles. The normalized spacial score (nSPS) is 15.1. The maximum atomic E-state index is 9.37. The molecule has 14 heavy (non-hydrogen) atoms. The first-order chi connectivity index (χ1) is 6.53. The van der Waals surface area contributed by atoms with Crippen LogP contribution >= 0.6 is 15.9 Å². The van der Waals surface area contributed by atoms with E-state index in [-0.39, 0.29) is 5.75 Å². The van der Waals surface area contributed by atoms with Crippen molar-refractivity contribution in [1.29, 1.82) is 0 Å². The molecule has 1 aromatic rings. The smallest absolute Gasteiger partial charge is 0.116 e. The van der Waals surface area contributed by atoms with Crippen LogP contribution in [-0.2, 0) is 10.3 Å². The zero-order valence-electron chi connectivity index (χ0n) is 8.25. The van der Waals surface area contributed by atoms with Crippen molar-refractivity contribution in [2.24, 2.45) is 5.73 Å². The van der Waals surface area contributed by atoms with Crippen LogP contribution in [0.1, 0.15) is 12.5 Å². The van der Waals surface area contributed by atoms with Crippen LogP contribution in [0.25, 0.3) is 0 Å². The number of halogens is 1. The monoisotopic (exact) mass is 259 g/mol. The number of hydrogen-bond acceptors (Lipinski definition) is 3. The van der Waals surface area contributed by atoms with Crippen molar-refractivity contribution >= 4 is 15.9 Å². The van der Waals surface area contributed by atoms with Crippen LogP contribution in [0.3, 0.4) is 0 Å². The molecule has 0 radical (unpaired) electrons. The van der Waals surface area contributed by atoms with Gasteiger partial charge >= 0.3 is 0 Å². The standard InChI is InChI=1S/C10H14BrNO2/c1-10(6-12,14-2)8-5-7(13)3-4-9(8)11/h3-5,13H,6,12H2,1-2H3. The van der Waals surface area contributed by atoms with Crippen LogP contribution in [0, 0.1) is 0 Å². The van der Waals surface area contributed by atoms with Crippen LogP contribution in [0.5, 0.6) is 5.75 Å². The minimum Gasteiger partial charge on any atom is -0.508 e. The van der Waals surface area contributed by atoms with E-state index in [9.17, 15) is 5.11 Å². The topological polar surface area (TPSA) is 55.5 Å². The Morgan fingerprint density at radius 3 is 2.71 bits per heavy atom. The molecule has 1 rings (SSSR count). The zero-order chi connectivity index (χ0) is 10.8. The van der Waals surface area contributed by atoms with E-state index in [4.69, 9.17) is 10.5 Å². The van der Waals surface area contributed by atoms with Crippen LogP contribution in [0.15, 0.2) is 22.7 Å². The van der Waals surface area contributed by atoms with Gasteiger partial charge in [-0.2, -0.15) is 0 Å². The van der Waals surface area contributed by atoms with Gasteiger partial charge in [-0.25, -0.2) is 0 Å². The van der Waals surface area contributed by atoms with Gasteiger partial charge in [-0.1, -0.05) is 15.9 Å². The average molecular weight is 260 g/mol. The van der Waals surface area contributed by atoms with Gasteiger partial charge in [-0.15, -0.1) is 0 Å². The largest absolute Gasteiger partial charge is 0.508 e. The molecular weight excluding hydrogens is 246 g/mol. The Labute approximate surface area is 92.0 Å². The molecule has 1 aromatic carbocycles. The molecule has 0 aromatic heterocycles. The van der Waals surface area contributed by atoms with Crippen LogP contribution < -0.4 is 5.73 Å². The van der Waals surface area contributed by atoms with Gasteiger partial charge in [-0.05, 0) is 25.1 Å². The van der Waals surface area contributed by atoms with Gasteiger partial charge in [0.25, 0.3) is 0 Å². The molecule has 1 unspecified atom stereocenters. The maximum absolute atomic E-state index is 9.37. The van der Waals surface area contributed by atoms with Crippen molar-refractivity contribution < 1.29 is 9.84 Å². The van der Waals surface area contributed by atoms with Gasteiger partial charge < -0.3 is 15.6 Å². The summed E-state index contributed by atoms with van der Waals surface area (Å²) in [5, 5.41) is 9.37. The number of rotatable bonds is 3. The highest BCUT2D eigenvalue weighted by Gasteiger charge is 2.26. The number of hydrogen-bond donors (Lipinski definition) is 2. The van der Waals surface area contributed by atoms with Gasteiger partial charge in [0.05, 0.1) is 0 Å². The van der Waals surface area contributed by atoms with Crippen LogP contribution in [-0.4, -0.2) is 18.8 Å². The van der Waals surface area contributed by atoms with Crippen molar-refractivity contribution in [2.75, 3.05) is 13.7 Å². The first kappa shape index (κ1) is 11.5. The summed E-state index contributed by atoms with van der Waals surface area (Å²) in [7, 11) is 1.60. The third-order valence-electron chi connectivity index (χ3n) is 2.36. The van der Waals surface area contributed by atoms with E-state index >= 15 is 0 Å². The molecule has 3 N–H and O–H groups in total. The quantitative estimate of drug-likeness (QED) is 0.873. The van der Waals surface area contributed by atoms with E-state index in [2.05, 4.69) is 15.9 Å². The first-order valence-corrected chi connectivity index (χ1v) is 5.07. The molecule has 0 aliphatic rings. The molecule has 0 heterocycles. The molecule has 78 valence electrons. The van der Waals surface area contributed by atoms with Crippen molar-refractivity contribution in [2.45, 2.75) is 12.5 Å². The zero-order valence-corrected chi connectivity index (χ0v) is 9.84. The summed E-state index contributed by atoms with van der Waals surface area (Å²) in [5.41, 5.74) is 5.92.